The lowest BCUT2D eigenvalue weighted by atomic mass is 9.79. The van der Waals surface area contributed by atoms with Crippen molar-refractivity contribution in [1.82, 2.24) is 14.7 Å². The number of hydrogen-bond donors (Lipinski definition) is 0. The standard InChI is InChI=1S/C27H33N3O3/c1-26(12-15-28(16-13-26)18-22-8-4-2-5-9-22)24(31)29-17-14-27(20-29)21-30(25(32)33-27)19-23-10-6-3-7-11-23/h2-11H,12-21H2,1H3. The van der Waals surface area contributed by atoms with Crippen molar-refractivity contribution in [1.29, 1.82) is 0 Å². The molecule has 0 aromatic heterocycles. The number of benzene rings is 2. The predicted octanol–water partition coefficient (Wildman–Crippen LogP) is 3.91. The molecule has 6 heteroatoms. The Hall–Kier alpha value is -2.86. The van der Waals surface area contributed by atoms with Gasteiger partial charge in [0, 0.05) is 31.5 Å². The largest absolute Gasteiger partial charge is 0.439 e. The molecule has 0 saturated carbocycles. The van der Waals surface area contributed by atoms with Crippen LogP contribution in [0.25, 0.3) is 0 Å². The predicted molar refractivity (Wildman–Crippen MR) is 126 cm³/mol. The number of hydrogen-bond acceptors (Lipinski definition) is 4. The summed E-state index contributed by atoms with van der Waals surface area (Å²) in [5.74, 6) is 0.219. The molecule has 0 aliphatic carbocycles. The Balaban J connectivity index is 1.17. The van der Waals surface area contributed by atoms with Gasteiger partial charge in [0.15, 0.2) is 5.60 Å². The van der Waals surface area contributed by atoms with Gasteiger partial charge in [-0.15, -0.1) is 0 Å². The number of carbonyl (C=O) groups is 2. The normalized spacial score (nSPS) is 24.9. The smallest absolute Gasteiger partial charge is 0.410 e. The maximum Gasteiger partial charge on any atom is 0.410 e. The minimum atomic E-state index is -0.564. The van der Waals surface area contributed by atoms with Gasteiger partial charge in [0.25, 0.3) is 0 Å². The van der Waals surface area contributed by atoms with Crippen LogP contribution >= 0.6 is 0 Å². The van der Waals surface area contributed by atoms with Crippen LogP contribution in [0.2, 0.25) is 0 Å². The van der Waals surface area contributed by atoms with E-state index in [-0.39, 0.29) is 17.4 Å². The van der Waals surface area contributed by atoms with Crippen molar-refractivity contribution >= 4 is 12.0 Å². The highest BCUT2D eigenvalue weighted by Gasteiger charge is 2.52. The maximum atomic E-state index is 13.5. The number of piperidine rings is 1. The van der Waals surface area contributed by atoms with Crippen molar-refractivity contribution in [3.8, 4) is 0 Å². The van der Waals surface area contributed by atoms with E-state index in [0.717, 1.165) is 38.0 Å². The number of rotatable bonds is 5. The molecular weight excluding hydrogens is 414 g/mol. The summed E-state index contributed by atoms with van der Waals surface area (Å²) < 4.78 is 5.86. The third kappa shape index (κ3) is 4.62. The van der Waals surface area contributed by atoms with E-state index in [0.29, 0.717) is 32.6 Å². The van der Waals surface area contributed by atoms with E-state index in [1.807, 2.05) is 41.3 Å². The molecule has 2 amide bonds. The average Bonchev–Trinajstić information content (AvgIpc) is 3.38. The lowest BCUT2D eigenvalue weighted by Gasteiger charge is -2.40. The van der Waals surface area contributed by atoms with Crippen LogP contribution in [0.3, 0.4) is 0 Å². The van der Waals surface area contributed by atoms with E-state index in [1.54, 1.807) is 4.90 Å². The SMILES string of the molecule is CC1(C(=O)N2CCC3(CN(Cc4ccccc4)C(=O)O3)C2)CCN(Cc2ccccc2)CC1. The van der Waals surface area contributed by atoms with Gasteiger partial charge >= 0.3 is 6.09 Å². The second-order valence-electron chi connectivity index (χ2n) is 10.2. The second-order valence-corrected chi connectivity index (χ2v) is 10.2. The molecule has 0 radical (unpaired) electrons. The Morgan fingerprint density at radius 3 is 2.09 bits per heavy atom. The Morgan fingerprint density at radius 2 is 1.45 bits per heavy atom. The van der Waals surface area contributed by atoms with Gasteiger partial charge in [-0.25, -0.2) is 4.79 Å². The van der Waals surface area contributed by atoms with Gasteiger partial charge in [-0.05, 0) is 37.1 Å². The summed E-state index contributed by atoms with van der Waals surface area (Å²) in [6, 6.07) is 20.5. The highest BCUT2D eigenvalue weighted by atomic mass is 16.6. The highest BCUT2D eigenvalue weighted by molar-refractivity contribution is 5.83. The molecule has 1 atom stereocenters. The van der Waals surface area contributed by atoms with Crippen LogP contribution in [0.5, 0.6) is 0 Å². The number of ether oxygens (including phenoxy) is 1. The molecule has 1 unspecified atom stereocenters. The van der Waals surface area contributed by atoms with Crippen molar-refractivity contribution in [2.45, 2.75) is 44.9 Å². The Labute approximate surface area is 196 Å². The molecule has 33 heavy (non-hydrogen) atoms. The van der Waals surface area contributed by atoms with E-state index >= 15 is 0 Å². The van der Waals surface area contributed by atoms with Gasteiger partial charge in [0.05, 0.1) is 13.1 Å². The Bertz CT molecular complexity index is 988. The summed E-state index contributed by atoms with van der Waals surface area (Å²) >= 11 is 0. The molecule has 3 aliphatic rings. The molecule has 3 heterocycles. The lowest BCUT2D eigenvalue weighted by molar-refractivity contribution is -0.143. The van der Waals surface area contributed by atoms with E-state index < -0.39 is 5.60 Å². The first kappa shape index (κ1) is 22.0. The number of likely N-dealkylation sites (tertiary alicyclic amines) is 2. The average molecular weight is 448 g/mol. The van der Waals surface area contributed by atoms with E-state index in [4.69, 9.17) is 4.74 Å². The second kappa shape index (κ2) is 8.82. The summed E-state index contributed by atoms with van der Waals surface area (Å²) in [6.07, 6.45) is 2.17. The molecular formula is C27H33N3O3. The van der Waals surface area contributed by atoms with Gasteiger partial charge in [-0.2, -0.15) is 0 Å². The summed E-state index contributed by atoms with van der Waals surface area (Å²) in [5, 5.41) is 0. The summed E-state index contributed by atoms with van der Waals surface area (Å²) in [6.45, 7) is 7.16. The summed E-state index contributed by atoms with van der Waals surface area (Å²) in [5.41, 5.74) is 1.50. The monoisotopic (exact) mass is 447 g/mol. The van der Waals surface area contributed by atoms with Crippen molar-refractivity contribution in [3.63, 3.8) is 0 Å². The lowest BCUT2D eigenvalue weighted by Crippen LogP contribution is -2.49. The van der Waals surface area contributed by atoms with Crippen LogP contribution < -0.4 is 0 Å². The quantitative estimate of drug-likeness (QED) is 0.697. The fraction of sp³-hybridized carbons (Fsp3) is 0.481. The molecule has 1 spiro atoms. The van der Waals surface area contributed by atoms with E-state index in [1.165, 1.54) is 5.56 Å². The van der Waals surface area contributed by atoms with Crippen LogP contribution in [0.1, 0.15) is 37.3 Å². The fourth-order valence-corrected chi connectivity index (χ4v) is 5.49. The van der Waals surface area contributed by atoms with Crippen molar-refractivity contribution < 1.29 is 14.3 Å². The van der Waals surface area contributed by atoms with Gasteiger partial charge in [-0.1, -0.05) is 67.6 Å². The molecule has 6 nitrogen and oxygen atoms in total. The fourth-order valence-electron chi connectivity index (χ4n) is 5.49. The number of nitrogens with zero attached hydrogens (tertiary/aromatic N) is 3. The van der Waals surface area contributed by atoms with Crippen molar-refractivity contribution in [2.24, 2.45) is 5.41 Å². The van der Waals surface area contributed by atoms with Crippen LogP contribution in [0.4, 0.5) is 4.79 Å². The number of amides is 2. The van der Waals surface area contributed by atoms with Gasteiger partial charge in [0.2, 0.25) is 5.91 Å². The minimum absolute atomic E-state index is 0.219. The zero-order chi connectivity index (χ0) is 22.9. The molecule has 5 rings (SSSR count). The van der Waals surface area contributed by atoms with E-state index in [9.17, 15) is 9.59 Å². The molecule has 2 aromatic rings. The van der Waals surface area contributed by atoms with Gasteiger partial charge < -0.3 is 9.64 Å². The first-order valence-electron chi connectivity index (χ1n) is 12.0. The molecule has 3 saturated heterocycles. The van der Waals surface area contributed by atoms with Crippen LogP contribution in [0.15, 0.2) is 60.7 Å². The zero-order valence-corrected chi connectivity index (χ0v) is 19.4. The Kier molecular flexibility index (Phi) is 5.87. The van der Waals surface area contributed by atoms with Crippen molar-refractivity contribution in [3.05, 3.63) is 71.8 Å². The topological polar surface area (TPSA) is 53.1 Å². The van der Waals surface area contributed by atoms with Crippen LogP contribution in [0, 0.1) is 5.41 Å². The zero-order valence-electron chi connectivity index (χ0n) is 19.4. The molecule has 174 valence electrons. The molecule has 0 bridgehead atoms. The summed E-state index contributed by atoms with van der Waals surface area (Å²) in [7, 11) is 0. The number of carbonyl (C=O) groups excluding carboxylic acids is 2. The molecule has 0 N–H and O–H groups in total. The molecule has 2 aromatic carbocycles. The maximum absolute atomic E-state index is 13.5. The van der Waals surface area contributed by atoms with Gasteiger partial charge in [0.1, 0.15) is 0 Å². The van der Waals surface area contributed by atoms with E-state index in [2.05, 4.69) is 36.1 Å². The third-order valence-corrected chi connectivity index (χ3v) is 7.59. The van der Waals surface area contributed by atoms with Crippen LogP contribution in [-0.2, 0) is 22.6 Å². The van der Waals surface area contributed by atoms with Crippen LogP contribution in [-0.4, -0.2) is 65.0 Å². The summed E-state index contributed by atoms with van der Waals surface area (Å²) in [4.78, 5) is 32.3. The first-order valence-corrected chi connectivity index (χ1v) is 12.0. The molecule has 3 aliphatic heterocycles. The minimum Gasteiger partial charge on any atom is -0.439 e. The van der Waals surface area contributed by atoms with Crippen molar-refractivity contribution in [2.75, 3.05) is 32.7 Å². The first-order chi connectivity index (χ1) is 15.9. The third-order valence-electron chi connectivity index (χ3n) is 7.59. The molecule has 3 fully saturated rings. The Morgan fingerprint density at radius 1 is 0.848 bits per heavy atom. The van der Waals surface area contributed by atoms with Gasteiger partial charge in [-0.3, -0.25) is 14.6 Å². The highest BCUT2D eigenvalue weighted by Crippen LogP contribution is 2.38.